The van der Waals surface area contributed by atoms with Gasteiger partial charge in [0.15, 0.2) is 0 Å². The van der Waals surface area contributed by atoms with Gasteiger partial charge in [-0.1, -0.05) is 29.9 Å². The average molecular weight is 163 g/mol. The second-order valence-corrected chi connectivity index (χ2v) is 3.20. The number of nitrogens with two attached hydrogens (primary N) is 1. The third-order valence-electron chi connectivity index (χ3n) is 1.46. The minimum Gasteiger partial charge on any atom is -0.366 e. The molecule has 1 aromatic carbocycles. The highest BCUT2D eigenvalue weighted by Gasteiger charge is 2.03. The quantitative estimate of drug-likeness (QED) is 0.620. The van der Waals surface area contributed by atoms with Crippen molar-refractivity contribution in [2.75, 3.05) is 0 Å². The summed E-state index contributed by atoms with van der Waals surface area (Å²) >= 11 is 0. The molecular weight excluding hydrogens is 154 g/mol. The molecule has 0 atom stereocenters. The zero-order chi connectivity index (χ0) is 8.27. The molecule has 0 saturated carbocycles. The van der Waals surface area contributed by atoms with Crippen molar-refractivity contribution in [3.05, 3.63) is 29.8 Å². The Labute approximate surface area is 68.2 Å². The molecule has 56 valence electrons. The predicted octanol–water partition coefficient (Wildman–Crippen LogP) is 0.163. The Morgan fingerprint density at radius 2 is 2.09 bits per heavy atom. The summed E-state index contributed by atoms with van der Waals surface area (Å²) in [5, 5.41) is 1.04. The first kappa shape index (κ1) is 8.01. The van der Waals surface area contributed by atoms with Crippen LogP contribution < -0.4 is 10.9 Å². The monoisotopic (exact) mass is 163 g/mol. The number of hydrogen-bond acceptors (Lipinski definition) is 1. The number of amides is 1. The summed E-state index contributed by atoms with van der Waals surface area (Å²) in [7, 11) is 0.621. The van der Waals surface area contributed by atoms with Crippen molar-refractivity contribution in [2.45, 2.75) is 6.55 Å². The Hall–Kier alpha value is -1.09. The summed E-state index contributed by atoms with van der Waals surface area (Å²) in [6, 6.07) is 7.43. The van der Waals surface area contributed by atoms with Gasteiger partial charge in [0.05, 0.1) is 9.52 Å². The van der Waals surface area contributed by atoms with E-state index in [0.717, 1.165) is 5.19 Å². The Kier molecular flexibility index (Phi) is 2.43. The van der Waals surface area contributed by atoms with E-state index in [2.05, 4.69) is 0 Å². The van der Waals surface area contributed by atoms with Crippen LogP contribution in [0, 0.1) is 0 Å². The van der Waals surface area contributed by atoms with Gasteiger partial charge < -0.3 is 5.73 Å². The van der Waals surface area contributed by atoms with E-state index >= 15 is 0 Å². The van der Waals surface area contributed by atoms with E-state index in [1.807, 2.05) is 24.7 Å². The Bertz CT molecular complexity index is 273. The summed E-state index contributed by atoms with van der Waals surface area (Å²) in [5.74, 6) is -0.338. The molecule has 1 rings (SSSR count). The molecule has 2 nitrogen and oxygen atoms in total. The van der Waals surface area contributed by atoms with Crippen LogP contribution in [0.3, 0.4) is 0 Å². The second-order valence-electron chi connectivity index (χ2n) is 2.16. The molecule has 3 heteroatoms. The van der Waals surface area contributed by atoms with Gasteiger partial charge in [-0.25, -0.2) is 0 Å². The maximum absolute atomic E-state index is 10.8. The molecule has 0 aliphatic heterocycles. The summed E-state index contributed by atoms with van der Waals surface area (Å²) < 4.78 is 0. The largest absolute Gasteiger partial charge is 0.366 e. The highest BCUT2D eigenvalue weighted by Crippen LogP contribution is 1.93. The van der Waals surface area contributed by atoms with E-state index in [9.17, 15) is 4.79 Å². The standard InChI is InChI=1S/C8H9NOSi/c1-11-7-5-3-2-4-6(7)8(9)10/h2-5H,1H3,(H2,9,10). The van der Waals surface area contributed by atoms with Gasteiger partial charge >= 0.3 is 0 Å². The van der Waals surface area contributed by atoms with Crippen LogP contribution in [0.4, 0.5) is 0 Å². The zero-order valence-corrected chi connectivity index (χ0v) is 7.29. The van der Waals surface area contributed by atoms with Gasteiger partial charge in [-0.3, -0.25) is 4.79 Å². The number of primary amides is 1. The smallest absolute Gasteiger partial charge is 0.248 e. The normalized spacial score (nSPS) is 9.55. The van der Waals surface area contributed by atoms with Crippen LogP contribution in [0.2, 0.25) is 6.55 Å². The third kappa shape index (κ3) is 1.68. The molecule has 2 N–H and O–H groups in total. The van der Waals surface area contributed by atoms with E-state index in [1.54, 1.807) is 6.07 Å². The lowest BCUT2D eigenvalue weighted by Crippen LogP contribution is -2.24. The maximum atomic E-state index is 10.8. The van der Waals surface area contributed by atoms with Crippen molar-refractivity contribution >= 4 is 20.6 Å². The number of hydrogen-bond donors (Lipinski definition) is 1. The summed E-state index contributed by atoms with van der Waals surface area (Å²) in [6.45, 7) is 2.03. The lowest BCUT2D eigenvalue weighted by atomic mass is 10.2. The van der Waals surface area contributed by atoms with E-state index in [4.69, 9.17) is 5.73 Å². The first-order chi connectivity index (χ1) is 5.25. The van der Waals surface area contributed by atoms with Crippen LogP contribution in [-0.4, -0.2) is 15.4 Å². The highest BCUT2D eigenvalue weighted by molar-refractivity contribution is 6.54. The van der Waals surface area contributed by atoms with Crippen molar-refractivity contribution in [3.63, 3.8) is 0 Å². The van der Waals surface area contributed by atoms with Crippen LogP contribution in [0.25, 0.3) is 0 Å². The van der Waals surface area contributed by atoms with E-state index in [0.29, 0.717) is 15.1 Å². The molecule has 1 aromatic rings. The van der Waals surface area contributed by atoms with Crippen LogP contribution >= 0.6 is 0 Å². The molecule has 0 spiro atoms. The number of rotatable bonds is 2. The third-order valence-corrected chi connectivity index (χ3v) is 2.44. The van der Waals surface area contributed by atoms with Crippen molar-refractivity contribution in [2.24, 2.45) is 5.73 Å². The minimum atomic E-state index is -0.338. The van der Waals surface area contributed by atoms with Crippen LogP contribution in [0.5, 0.6) is 0 Å². The molecular formula is C8H9NOSi. The molecule has 0 aliphatic rings. The molecule has 0 unspecified atom stereocenters. The molecule has 0 heterocycles. The number of carbonyl (C=O) groups excluding carboxylic acids is 1. The van der Waals surface area contributed by atoms with E-state index in [1.165, 1.54) is 0 Å². The molecule has 0 bridgehead atoms. The van der Waals surface area contributed by atoms with Gasteiger partial charge in [-0.15, -0.1) is 0 Å². The fourth-order valence-corrected chi connectivity index (χ4v) is 1.65. The van der Waals surface area contributed by atoms with Gasteiger partial charge in [0, 0.05) is 5.56 Å². The lowest BCUT2D eigenvalue weighted by Gasteiger charge is -2.00. The van der Waals surface area contributed by atoms with Gasteiger partial charge in [0.1, 0.15) is 0 Å². The van der Waals surface area contributed by atoms with Gasteiger partial charge in [-0.2, -0.15) is 0 Å². The van der Waals surface area contributed by atoms with Crippen molar-refractivity contribution in [1.29, 1.82) is 0 Å². The van der Waals surface area contributed by atoms with Gasteiger partial charge in [0.2, 0.25) is 5.91 Å². The number of carbonyl (C=O) groups is 1. The fraction of sp³-hybridized carbons (Fsp3) is 0.125. The van der Waals surface area contributed by atoms with Gasteiger partial charge in [0.25, 0.3) is 0 Å². The Morgan fingerprint density at radius 1 is 1.45 bits per heavy atom. The fourth-order valence-electron chi connectivity index (χ4n) is 0.916. The van der Waals surface area contributed by atoms with Crippen molar-refractivity contribution in [3.8, 4) is 0 Å². The molecule has 2 radical (unpaired) electrons. The van der Waals surface area contributed by atoms with Crippen molar-refractivity contribution in [1.82, 2.24) is 0 Å². The first-order valence-electron chi connectivity index (χ1n) is 3.32. The Morgan fingerprint density at radius 3 is 2.55 bits per heavy atom. The molecule has 1 amide bonds. The average Bonchev–Trinajstić information content (AvgIpc) is 2.04. The SMILES string of the molecule is C[Si]c1ccccc1C(N)=O. The Balaban J connectivity index is 3.12. The first-order valence-corrected chi connectivity index (χ1v) is 4.82. The highest BCUT2D eigenvalue weighted by atomic mass is 28.2. The molecule has 0 aliphatic carbocycles. The topological polar surface area (TPSA) is 43.1 Å². The molecule has 11 heavy (non-hydrogen) atoms. The van der Waals surface area contributed by atoms with Crippen LogP contribution in [-0.2, 0) is 0 Å². The summed E-state index contributed by atoms with van der Waals surface area (Å²) in [6.07, 6.45) is 0. The minimum absolute atomic E-state index is 0.338. The van der Waals surface area contributed by atoms with Crippen LogP contribution in [0.1, 0.15) is 10.4 Å². The van der Waals surface area contributed by atoms with Crippen molar-refractivity contribution < 1.29 is 4.79 Å². The second kappa shape index (κ2) is 3.34. The summed E-state index contributed by atoms with van der Waals surface area (Å²) in [4.78, 5) is 10.8. The van der Waals surface area contributed by atoms with Crippen LogP contribution in [0.15, 0.2) is 24.3 Å². The predicted molar refractivity (Wildman–Crippen MR) is 46.2 cm³/mol. The summed E-state index contributed by atoms with van der Waals surface area (Å²) in [5.41, 5.74) is 5.80. The number of benzene rings is 1. The van der Waals surface area contributed by atoms with Gasteiger partial charge in [-0.05, 0) is 6.07 Å². The maximum Gasteiger partial charge on any atom is 0.248 e. The zero-order valence-electron chi connectivity index (χ0n) is 6.29. The molecule has 0 saturated heterocycles. The lowest BCUT2D eigenvalue weighted by molar-refractivity contribution is 0.100. The molecule has 0 aromatic heterocycles. The molecule has 0 fully saturated rings. The van der Waals surface area contributed by atoms with E-state index < -0.39 is 0 Å². The van der Waals surface area contributed by atoms with E-state index in [-0.39, 0.29) is 5.91 Å².